The molecular formula is C19H21N5O2. The molecule has 0 amide bonds. The quantitative estimate of drug-likeness (QED) is 0.519. The van der Waals surface area contributed by atoms with Gasteiger partial charge in [-0.1, -0.05) is 36.4 Å². The highest BCUT2D eigenvalue weighted by atomic mass is 16.6. The van der Waals surface area contributed by atoms with Crippen molar-refractivity contribution in [3.05, 3.63) is 58.9 Å². The second-order valence-electron chi connectivity index (χ2n) is 6.19. The molecule has 0 radical (unpaired) electrons. The van der Waals surface area contributed by atoms with E-state index in [1.54, 1.807) is 0 Å². The minimum absolute atomic E-state index is 0.0177. The molecule has 0 unspecified atom stereocenters. The van der Waals surface area contributed by atoms with E-state index in [0.717, 1.165) is 16.5 Å². The van der Waals surface area contributed by atoms with Crippen molar-refractivity contribution < 1.29 is 4.92 Å². The zero-order valence-electron chi connectivity index (χ0n) is 15.0. The highest BCUT2D eigenvalue weighted by Crippen LogP contribution is 2.38. The minimum atomic E-state index is -0.423. The van der Waals surface area contributed by atoms with Crippen molar-refractivity contribution in [3.63, 3.8) is 0 Å². The number of nitro groups is 1. The molecule has 0 atom stereocenters. The summed E-state index contributed by atoms with van der Waals surface area (Å²) in [5, 5.41) is 16.9. The first kappa shape index (κ1) is 17.6. The largest absolute Gasteiger partial charge is 0.362 e. The second kappa shape index (κ2) is 7.35. The standard InChI is InChI=1S/C19H21N5O2/c1-4-23(16-11-7-9-14-8-5-6-10-15(14)16)19-17(24(25)26)18(20-12-21-19)22-13(2)3/h5-13H,4H2,1-3H3,(H,20,21,22). The monoisotopic (exact) mass is 351 g/mol. The third-order valence-electron chi connectivity index (χ3n) is 4.04. The Morgan fingerprint density at radius 3 is 2.58 bits per heavy atom. The molecule has 0 saturated heterocycles. The Morgan fingerprint density at radius 2 is 1.88 bits per heavy atom. The Balaban J connectivity index is 2.21. The van der Waals surface area contributed by atoms with Gasteiger partial charge in [0.15, 0.2) is 0 Å². The number of hydrogen-bond acceptors (Lipinski definition) is 6. The van der Waals surface area contributed by atoms with E-state index < -0.39 is 4.92 Å². The van der Waals surface area contributed by atoms with Crippen molar-refractivity contribution in [2.24, 2.45) is 0 Å². The Morgan fingerprint density at radius 1 is 1.15 bits per heavy atom. The fourth-order valence-electron chi connectivity index (χ4n) is 2.99. The molecule has 1 aromatic heterocycles. The number of anilines is 3. The molecule has 26 heavy (non-hydrogen) atoms. The lowest BCUT2D eigenvalue weighted by Gasteiger charge is -2.24. The molecule has 7 nitrogen and oxygen atoms in total. The Labute approximate surface area is 151 Å². The van der Waals surface area contributed by atoms with Gasteiger partial charge < -0.3 is 10.2 Å². The van der Waals surface area contributed by atoms with E-state index in [1.807, 2.05) is 68.1 Å². The second-order valence-corrected chi connectivity index (χ2v) is 6.19. The van der Waals surface area contributed by atoms with E-state index in [1.165, 1.54) is 6.33 Å². The van der Waals surface area contributed by atoms with Crippen LogP contribution in [-0.2, 0) is 0 Å². The molecule has 1 N–H and O–H groups in total. The van der Waals surface area contributed by atoms with Crippen LogP contribution in [0.3, 0.4) is 0 Å². The molecule has 1 heterocycles. The smallest absolute Gasteiger partial charge is 0.353 e. The molecular weight excluding hydrogens is 330 g/mol. The van der Waals surface area contributed by atoms with Crippen LogP contribution in [0.1, 0.15) is 20.8 Å². The van der Waals surface area contributed by atoms with Gasteiger partial charge in [-0.15, -0.1) is 0 Å². The van der Waals surface area contributed by atoms with Gasteiger partial charge >= 0.3 is 5.69 Å². The fraction of sp³-hybridized carbons (Fsp3) is 0.263. The van der Waals surface area contributed by atoms with Crippen molar-refractivity contribution in [2.75, 3.05) is 16.8 Å². The predicted octanol–water partition coefficient (Wildman–Crippen LogP) is 4.52. The Bertz CT molecular complexity index is 937. The van der Waals surface area contributed by atoms with Gasteiger partial charge in [-0.25, -0.2) is 9.97 Å². The van der Waals surface area contributed by atoms with Crippen molar-refractivity contribution in [3.8, 4) is 0 Å². The highest BCUT2D eigenvalue weighted by molar-refractivity contribution is 5.96. The van der Waals surface area contributed by atoms with Crippen molar-refractivity contribution in [2.45, 2.75) is 26.8 Å². The molecule has 2 aromatic carbocycles. The molecule has 134 valence electrons. The summed E-state index contributed by atoms with van der Waals surface area (Å²) < 4.78 is 0. The summed E-state index contributed by atoms with van der Waals surface area (Å²) in [5.74, 6) is 0.515. The topological polar surface area (TPSA) is 84.2 Å². The summed E-state index contributed by atoms with van der Waals surface area (Å²) in [6, 6.07) is 13.9. The number of nitrogens with zero attached hydrogens (tertiary/aromatic N) is 4. The number of fused-ring (bicyclic) bond motifs is 1. The van der Waals surface area contributed by atoms with Crippen LogP contribution in [0, 0.1) is 10.1 Å². The molecule has 0 bridgehead atoms. The lowest BCUT2D eigenvalue weighted by Crippen LogP contribution is -2.21. The summed E-state index contributed by atoms with van der Waals surface area (Å²) in [7, 11) is 0. The number of nitrogens with one attached hydrogen (secondary N) is 1. The maximum Gasteiger partial charge on any atom is 0.353 e. The first-order valence-corrected chi connectivity index (χ1v) is 8.54. The SMILES string of the molecule is CCN(c1ncnc(NC(C)C)c1[N+](=O)[O-])c1cccc2ccccc12. The molecule has 0 saturated carbocycles. The van der Waals surface area contributed by atoms with E-state index in [2.05, 4.69) is 15.3 Å². The van der Waals surface area contributed by atoms with Crippen LogP contribution in [0.15, 0.2) is 48.8 Å². The van der Waals surface area contributed by atoms with Gasteiger partial charge in [-0.05, 0) is 32.2 Å². The third kappa shape index (κ3) is 3.28. The van der Waals surface area contributed by atoms with Gasteiger partial charge in [0, 0.05) is 18.0 Å². The van der Waals surface area contributed by atoms with E-state index in [0.29, 0.717) is 6.54 Å². The normalized spacial score (nSPS) is 10.9. The first-order valence-electron chi connectivity index (χ1n) is 8.54. The molecule has 0 aliphatic heterocycles. The molecule has 3 aromatic rings. The first-order chi connectivity index (χ1) is 12.5. The van der Waals surface area contributed by atoms with E-state index >= 15 is 0 Å². The van der Waals surface area contributed by atoms with E-state index in [-0.39, 0.29) is 23.4 Å². The average molecular weight is 351 g/mol. The third-order valence-corrected chi connectivity index (χ3v) is 4.04. The molecule has 3 rings (SSSR count). The number of aromatic nitrogens is 2. The van der Waals surface area contributed by atoms with Gasteiger partial charge in [-0.3, -0.25) is 10.1 Å². The average Bonchev–Trinajstić information content (AvgIpc) is 2.62. The number of rotatable bonds is 6. The van der Waals surface area contributed by atoms with Crippen LogP contribution in [-0.4, -0.2) is 27.5 Å². The highest BCUT2D eigenvalue weighted by Gasteiger charge is 2.28. The summed E-state index contributed by atoms with van der Waals surface area (Å²) in [6.07, 6.45) is 1.36. The molecule has 0 spiro atoms. The molecule has 0 aliphatic rings. The maximum absolute atomic E-state index is 11.8. The van der Waals surface area contributed by atoms with Gasteiger partial charge in [0.2, 0.25) is 11.6 Å². The summed E-state index contributed by atoms with van der Waals surface area (Å²) in [4.78, 5) is 21.6. The fourth-order valence-corrected chi connectivity index (χ4v) is 2.99. The maximum atomic E-state index is 11.8. The van der Waals surface area contributed by atoms with Crippen molar-refractivity contribution >= 4 is 33.8 Å². The van der Waals surface area contributed by atoms with Gasteiger partial charge in [0.1, 0.15) is 6.33 Å². The van der Waals surface area contributed by atoms with Crippen LogP contribution >= 0.6 is 0 Å². The lowest BCUT2D eigenvalue weighted by molar-refractivity contribution is -0.383. The number of benzene rings is 2. The van der Waals surface area contributed by atoms with Crippen LogP contribution in [0.4, 0.5) is 23.0 Å². The van der Waals surface area contributed by atoms with E-state index in [9.17, 15) is 10.1 Å². The summed E-state index contributed by atoms with van der Waals surface area (Å²) in [6.45, 7) is 6.30. The van der Waals surface area contributed by atoms with Crippen LogP contribution < -0.4 is 10.2 Å². The van der Waals surface area contributed by atoms with Gasteiger partial charge in [0.05, 0.1) is 10.6 Å². The lowest BCUT2D eigenvalue weighted by atomic mass is 10.1. The Hall–Kier alpha value is -3.22. The van der Waals surface area contributed by atoms with Crippen molar-refractivity contribution in [1.29, 1.82) is 0 Å². The zero-order valence-corrected chi connectivity index (χ0v) is 15.0. The molecule has 0 fully saturated rings. The minimum Gasteiger partial charge on any atom is -0.362 e. The predicted molar refractivity (Wildman–Crippen MR) is 104 cm³/mol. The van der Waals surface area contributed by atoms with Crippen LogP contribution in [0.25, 0.3) is 10.8 Å². The summed E-state index contributed by atoms with van der Waals surface area (Å²) >= 11 is 0. The summed E-state index contributed by atoms with van der Waals surface area (Å²) in [5.41, 5.74) is 0.763. The van der Waals surface area contributed by atoms with Gasteiger partial charge in [0.25, 0.3) is 0 Å². The van der Waals surface area contributed by atoms with E-state index in [4.69, 9.17) is 0 Å². The van der Waals surface area contributed by atoms with Crippen LogP contribution in [0.2, 0.25) is 0 Å². The van der Waals surface area contributed by atoms with Crippen molar-refractivity contribution in [1.82, 2.24) is 9.97 Å². The zero-order chi connectivity index (χ0) is 18.7. The van der Waals surface area contributed by atoms with Gasteiger partial charge in [-0.2, -0.15) is 0 Å². The molecule has 0 aliphatic carbocycles. The number of hydrogen-bond donors (Lipinski definition) is 1. The Kier molecular flexibility index (Phi) is 4.97. The molecule has 7 heteroatoms. The van der Waals surface area contributed by atoms with Crippen LogP contribution in [0.5, 0.6) is 0 Å².